The predicted molar refractivity (Wildman–Crippen MR) is 112 cm³/mol. The Morgan fingerprint density at radius 1 is 0.964 bits per heavy atom. The average Bonchev–Trinajstić information content (AvgIpc) is 3.36. The first-order valence-corrected chi connectivity index (χ1v) is 11.4. The number of amides is 2. The number of thiophene rings is 1. The van der Waals surface area contributed by atoms with E-state index < -0.39 is 0 Å². The SMILES string of the molecule is O=C(NC1CCCCCC1)C1CCN(C(=O)c2sccc2-n2cccc2)CC1. The summed E-state index contributed by atoms with van der Waals surface area (Å²) in [6.07, 6.45) is 12.7. The first kappa shape index (κ1) is 19.2. The second-order valence-corrected chi connectivity index (χ2v) is 8.90. The van der Waals surface area contributed by atoms with Gasteiger partial charge in [0.2, 0.25) is 5.91 Å². The highest BCUT2D eigenvalue weighted by atomic mass is 32.1. The number of nitrogens with zero attached hydrogens (tertiary/aromatic N) is 2. The van der Waals surface area contributed by atoms with E-state index in [4.69, 9.17) is 0 Å². The van der Waals surface area contributed by atoms with Crippen LogP contribution in [0.5, 0.6) is 0 Å². The maximum atomic E-state index is 13.0. The van der Waals surface area contributed by atoms with Crippen LogP contribution in [0, 0.1) is 5.92 Å². The maximum absolute atomic E-state index is 13.0. The molecule has 2 aromatic heterocycles. The highest BCUT2D eigenvalue weighted by molar-refractivity contribution is 7.12. The van der Waals surface area contributed by atoms with Gasteiger partial charge in [0, 0.05) is 37.4 Å². The van der Waals surface area contributed by atoms with Crippen LogP contribution in [0.15, 0.2) is 36.0 Å². The molecule has 4 rings (SSSR count). The van der Waals surface area contributed by atoms with Gasteiger partial charge in [-0.2, -0.15) is 0 Å². The van der Waals surface area contributed by atoms with Crippen LogP contribution in [0.25, 0.3) is 5.69 Å². The predicted octanol–water partition coefficient (Wildman–Crippen LogP) is 4.23. The Balaban J connectivity index is 1.32. The number of hydrogen-bond donors (Lipinski definition) is 1. The number of likely N-dealkylation sites (tertiary alicyclic amines) is 1. The third-order valence-corrected chi connectivity index (χ3v) is 6.97. The molecule has 1 aliphatic heterocycles. The van der Waals surface area contributed by atoms with Gasteiger partial charge < -0.3 is 14.8 Å². The van der Waals surface area contributed by atoms with Gasteiger partial charge >= 0.3 is 0 Å². The van der Waals surface area contributed by atoms with Gasteiger partial charge in [0.15, 0.2) is 0 Å². The van der Waals surface area contributed by atoms with Crippen LogP contribution in [-0.4, -0.2) is 40.4 Å². The Hall–Kier alpha value is -2.08. The molecule has 0 bridgehead atoms. The van der Waals surface area contributed by atoms with Crippen LogP contribution in [0.1, 0.15) is 61.0 Å². The van der Waals surface area contributed by atoms with Gasteiger partial charge in [-0.1, -0.05) is 25.7 Å². The molecule has 150 valence electrons. The summed E-state index contributed by atoms with van der Waals surface area (Å²) in [5.74, 6) is 0.323. The Morgan fingerprint density at radius 3 is 2.32 bits per heavy atom. The smallest absolute Gasteiger partial charge is 0.266 e. The van der Waals surface area contributed by atoms with Gasteiger partial charge in [0.25, 0.3) is 5.91 Å². The van der Waals surface area contributed by atoms with Gasteiger partial charge in [-0.3, -0.25) is 9.59 Å². The molecule has 1 saturated heterocycles. The molecule has 1 N–H and O–H groups in total. The van der Waals surface area contributed by atoms with Crippen LogP contribution in [0.2, 0.25) is 0 Å². The van der Waals surface area contributed by atoms with Crippen molar-refractivity contribution < 1.29 is 9.59 Å². The minimum absolute atomic E-state index is 0.0413. The molecule has 1 aliphatic carbocycles. The van der Waals surface area contributed by atoms with Crippen LogP contribution < -0.4 is 5.32 Å². The van der Waals surface area contributed by atoms with E-state index in [1.807, 2.05) is 45.4 Å². The fourth-order valence-electron chi connectivity index (χ4n) is 4.39. The van der Waals surface area contributed by atoms with Gasteiger partial charge in [0.1, 0.15) is 4.88 Å². The summed E-state index contributed by atoms with van der Waals surface area (Å²) >= 11 is 1.49. The van der Waals surface area contributed by atoms with Gasteiger partial charge in [-0.15, -0.1) is 11.3 Å². The molecule has 0 atom stereocenters. The molecule has 2 aliphatic rings. The van der Waals surface area contributed by atoms with Crippen molar-refractivity contribution in [3.8, 4) is 5.69 Å². The van der Waals surface area contributed by atoms with E-state index in [9.17, 15) is 9.59 Å². The summed E-state index contributed by atoms with van der Waals surface area (Å²) in [6.45, 7) is 1.31. The largest absolute Gasteiger partial charge is 0.353 e. The lowest BCUT2D eigenvalue weighted by Crippen LogP contribution is -2.45. The molecule has 6 heteroatoms. The summed E-state index contributed by atoms with van der Waals surface area (Å²) in [7, 11) is 0. The second-order valence-electron chi connectivity index (χ2n) is 7.99. The van der Waals surface area contributed by atoms with Gasteiger partial charge in [-0.25, -0.2) is 0 Å². The molecular formula is C22H29N3O2S. The molecule has 3 heterocycles. The fourth-order valence-corrected chi connectivity index (χ4v) is 5.25. The number of carbonyl (C=O) groups is 2. The Morgan fingerprint density at radius 2 is 1.64 bits per heavy atom. The molecule has 0 spiro atoms. The zero-order valence-electron chi connectivity index (χ0n) is 16.3. The van der Waals surface area contributed by atoms with E-state index >= 15 is 0 Å². The monoisotopic (exact) mass is 399 g/mol. The van der Waals surface area contributed by atoms with Gasteiger partial charge in [0.05, 0.1) is 5.69 Å². The summed E-state index contributed by atoms with van der Waals surface area (Å²) < 4.78 is 1.98. The zero-order chi connectivity index (χ0) is 19.3. The number of rotatable bonds is 4. The lowest BCUT2D eigenvalue weighted by atomic mass is 9.95. The minimum atomic E-state index is 0.0413. The second kappa shape index (κ2) is 8.95. The normalized spacial score (nSPS) is 19.4. The first-order chi connectivity index (χ1) is 13.7. The Bertz CT molecular complexity index is 783. The highest BCUT2D eigenvalue weighted by Crippen LogP contribution is 2.26. The van der Waals surface area contributed by atoms with Crippen molar-refractivity contribution in [1.29, 1.82) is 0 Å². The Kier molecular flexibility index (Phi) is 6.15. The van der Waals surface area contributed by atoms with E-state index in [2.05, 4.69) is 5.32 Å². The van der Waals surface area contributed by atoms with Crippen molar-refractivity contribution in [3.63, 3.8) is 0 Å². The number of carbonyl (C=O) groups excluding carboxylic acids is 2. The van der Waals surface area contributed by atoms with E-state index in [1.54, 1.807) is 0 Å². The fraction of sp³-hybridized carbons (Fsp3) is 0.545. The third-order valence-electron chi connectivity index (χ3n) is 6.08. The molecule has 28 heavy (non-hydrogen) atoms. The standard InChI is InChI=1S/C22H29N3O2S/c26-21(23-18-7-3-1-2-4-8-18)17-9-14-25(15-10-17)22(27)20-19(11-16-28-20)24-12-5-6-13-24/h5-6,11-13,16-18H,1-4,7-10,14-15H2,(H,23,26). The van der Waals surface area contributed by atoms with Crippen LogP contribution in [0.3, 0.4) is 0 Å². The molecule has 5 nitrogen and oxygen atoms in total. The van der Waals surface area contributed by atoms with E-state index in [0.717, 1.165) is 36.2 Å². The van der Waals surface area contributed by atoms with Crippen molar-refractivity contribution in [2.45, 2.75) is 57.4 Å². The number of piperidine rings is 1. The van der Waals surface area contributed by atoms with Crippen LogP contribution >= 0.6 is 11.3 Å². The first-order valence-electron chi connectivity index (χ1n) is 10.5. The summed E-state index contributed by atoms with van der Waals surface area (Å²) in [4.78, 5) is 28.4. The van der Waals surface area contributed by atoms with Crippen molar-refractivity contribution in [2.24, 2.45) is 5.92 Å². The van der Waals surface area contributed by atoms with Crippen molar-refractivity contribution in [1.82, 2.24) is 14.8 Å². The molecule has 0 aromatic carbocycles. The summed E-state index contributed by atoms with van der Waals surface area (Å²) in [5, 5.41) is 5.25. The summed E-state index contributed by atoms with van der Waals surface area (Å²) in [6, 6.07) is 6.27. The van der Waals surface area contributed by atoms with Crippen molar-refractivity contribution in [3.05, 3.63) is 40.8 Å². The molecule has 2 amide bonds. The molecule has 0 radical (unpaired) electrons. The molecular weight excluding hydrogens is 370 g/mol. The van der Waals surface area contributed by atoms with E-state index in [0.29, 0.717) is 19.1 Å². The number of aromatic nitrogens is 1. The van der Waals surface area contributed by atoms with Crippen molar-refractivity contribution >= 4 is 23.2 Å². The van der Waals surface area contributed by atoms with E-state index in [1.165, 1.54) is 37.0 Å². The highest BCUT2D eigenvalue weighted by Gasteiger charge is 2.30. The Labute approximate surface area is 170 Å². The average molecular weight is 400 g/mol. The topological polar surface area (TPSA) is 54.3 Å². The van der Waals surface area contributed by atoms with Crippen LogP contribution in [-0.2, 0) is 4.79 Å². The quantitative estimate of drug-likeness (QED) is 0.782. The lowest BCUT2D eigenvalue weighted by molar-refractivity contribution is -0.127. The molecule has 2 aromatic rings. The third kappa shape index (κ3) is 4.32. The minimum Gasteiger partial charge on any atom is -0.353 e. The maximum Gasteiger partial charge on any atom is 0.266 e. The molecule has 0 unspecified atom stereocenters. The zero-order valence-corrected chi connectivity index (χ0v) is 17.1. The van der Waals surface area contributed by atoms with E-state index in [-0.39, 0.29) is 17.7 Å². The molecule has 2 fully saturated rings. The number of nitrogens with one attached hydrogen (secondary N) is 1. The summed E-state index contributed by atoms with van der Waals surface area (Å²) in [5.41, 5.74) is 0.938. The van der Waals surface area contributed by atoms with Gasteiger partial charge in [-0.05, 0) is 49.3 Å². The lowest BCUT2D eigenvalue weighted by Gasteiger charge is -2.32. The number of hydrogen-bond acceptors (Lipinski definition) is 3. The van der Waals surface area contributed by atoms with Crippen molar-refractivity contribution in [2.75, 3.05) is 13.1 Å². The van der Waals surface area contributed by atoms with Crippen LogP contribution in [0.4, 0.5) is 0 Å². The molecule has 1 saturated carbocycles.